The Morgan fingerprint density at radius 2 is 2.43 bits per heavy atom. The van der Waals surface area contributed by atoms with Gasteiger partial charge in [-0.1, -0.05) is 0 Å². The average molecular weight is 319 g/mol. The molecule has 0 saturated carbocycles. The smallest absolute Gasteiger partial charge is 0.251 e. The summed E-state index contributed by atoms with van der Waals surface area (Å²) in [6.45, 7) is 1.10. The minimum atomic E-state index is -0.494. The van der Waals surface area contributed by atoms with Crippen molar-refractivity contribution in [3.8, 4) is 5.75 Å². The molecule has 1 aromatic carbocycles. The molecule has 0 radical (unpaired) electrons. The first-order valence-corrected chi connectivity index (χ1v) is 7.41. The molecular formula is C16H18FN3O3. The maximum atomic E-state index is 13.4. The predicted octanol–water partition coefficient (Wildman–Crippen LogP) is 2.06. The number of imidazole rings is 1. The zero-order valence-electron chi connectivity index (χ0n) is 12.7. The summed E-state index contributed by atoms with van der Waals surface area (Å²) in [5.41, 5.74) is 0.358. The van der Waals surface area contributed by atoms with Crippen LogP contribution in [0.1, 0.15) is 28.7 Å². The van der Waals surface area contributed by atoms with Gasteiger partial charge in [0.05, 0.1) is 7.11 Å². The van der Waals surface area contributed by atoms with E-state index in [1.54, 1.807) is 12.4 Å². The molecule has 2 heterocycles. The van der Waals surface area contributed by atoms with Gasteiger partial charge in [-0.15, -0.1) is 0 Å². The van der Waals surface area contributed by atoms with Gasteiger partial charge in [-0.2, -0.15) is 0 Å². The van der Waals surface area contributed by atoms with E-state index in [1.165, 1.54) is 25.3 Å². The number of ether oxygens (including phenoxy) is 2. The molecule has 1 aliphatic rings. The van der Waals surface area contributed by atoms with Gasteiger partial charge in [-0.05, 0) is 24.6 Å². The van der Waals surface area contributed by atoms with Gasteiger partial charge in [0, 0.05) is 37.0 Å². The Morgan fingerprint density at radius 3 is 3.17 bits per heavy atom. The number of nitrogens with one attached hydrogen (secondary N) is 2. The van der Waals surface area contributed by atoms with Crippen molar-refractivity contribution < 1.29 is 18.7 Å². The molecule has 0 bridgehead atoms. The standard InChI is InChI=1S/C16H18FN3O3/c1-22-13-8-10(2-3-12(13)17)16(21)20-9-11-4-7-23-14(11)15-18-5-6-19-15/h2-3,5-6,8,11,14H,4,7,9H2,1H3,(H,18,19)(H,20,21)/t11-,14+/m0/s1. The highest BCUT2D eigenvalue weighted by Crippen LogP contribution is 2.32. The van der Waals surface area contributed by atoms with E-state index in [2.05, 4.69) is 15.3 Å². The summed E-state index contributed by atoms with van der Waals surface area (Å²) >= 11 is 0. The van der Waals surface area contributed by atoms with E-state index in [4.69, 9.17) is 9.47 Å². The lowest BCUT2D eigenvalue weighted by Crippen LogP contribution is -2.30. The number of hydrogen-bond acceptors (Lipinski definition) is 4. The number of aromatic nitrogens is 2. The van der Waals surface area contributed by atoms with E-state index in [0.29, 0.717) is 18.7 Å². The van der Waals surface area contributed by atoms with Crippen LogP contribution in [0.5, 0.6) is 5.75 Å². The Bertz CT molecular complexity index is 675. The fourth-order valence-corrected chi connectivity index (χ4v) is 2.71. The zero-order chi connectivity index (χ0) is 16.2. The van der Waals surface area contributed by atoms with Gasteiger partial charge in [0.15, 0.2) is 11.6 Å². The van der Waals surface area contributed by atoms with Crippen LogP contribution in [-0.2, 0) is 4.74 Å². The maximum absolute atomic E-state index is 13.4. The van der Waals surface area contributed by atoms with Gasteiger partial charge in [0.2, 0.25) is 0 Å². The zero-order valence-corrected chi connectivity index (χ0v) is 12.7. The molecule has 23 heavy (non-hydrogen) atoms. The Labute approximate surface area is 133 Å². The maximum Gasteiger partial charge on any atom is 0.251 e. The van der Waals surface area contributed by atoms with E-state index in [9.17, 15) is 9.18 Å². The third-order valence-corrected chi connectivity index (χ3v) is 3.94. The van der Waals surface area contributed by atoms with Crippen LogP contribution in [0.2, 0.25) is 0 Å². The highest BCUT2D eigenvalue weighted by Gasteiger charge is 2.31. The van der Waals surface area contributed by atoms with Crippen LogP contribution in [0.3, 0.4) is 0 Å². The number of hydrogen-bond donors (Lipinski definition) is 2. The van der Waals surface area contributed by atoms with Gasteiger partial charge in [0.1, 0.15) is 11.9 Å². The minimum Gasteiger partial charge on any atom is -0.494 e. The Hall–Kier alpha value is -2.41. The van der Waals surface area contributed by atoms with Crippen molar-refractivity contribution in [2.75, 3.05) is 20.3 Å². The number of nitrogens with zero attached hydrogens (tertiary/aromatic N) is 1. The van der Waals surface area contributed by atoms with Crippen molar-refractivity contribution in [2.24, 2.45) is 5.92 Å². The third-order valence-electron chi connectivity index (χ3n) is 3.94. The highest BCUT2D eigenvalue weighted by molar-refractivity contribution is 5.94. The van der Waals surface area contributed by atoms with Crippen LogP contribution < -0.4 is 10.1 Å². The molecule has 6 nitrogen and oxygen atoms in total. The molecule has 2 aromatic rings. The number of aromatic amines is 1. The number of halogens is 1. The highest BCUT2D eigenvalue weighted by atomic mass is 19.1. The van der Waals surface area contributed by atoms with Crippen LogP contribution in [0.4, 0.5) is 4.39 Å². The summed E-state index contributed by atoms with van der Waals surface area (Å²) < 4.78 is 24.0. The van der Waals surface area contributed by atoms with Gasteiger partial charge in [-0.25, -0.2) is 9.37 Å². The number of carbonyl (C=O) groups excluding carboxylic acids is 1. The van der Waals surface area contributed by atoms with Crippen LogP contribution >= 0.6 is 0 Å². The Kier molecular flexibility index (Phi) is 4.57. The van der Waals surface area contributed by atoms with Crippen molar-refractivity contribution in [2.45, 2.75) is 12.5 Å². The molecule has 1 fully saturated rings. The van der Waals surface area contributed by atoms with Crippen LogP contribution in [0, 0.1) is 11.7 Å². The van der Waals surface area contributed by atoms with Gasteiger partial charge in [0.25, 0.3) is 5.91 Å². The topological polar surface area (TPSA) is 76.2 Å². The van der Waals surface area contributed by atoms with Crippen molar-refractivity contribution in [1.82, 2.24) is 15.3 Å². The molecule has 0 spiro atoms. The molecule has 122 valence electrons. The largest absolute Gasteiger partial charge is 0.494 e. The van der Waals surface area contributed by atoms with Crippen molar-refractivity contribution >= 4 is 5.91 Å². The van der Waals surface area contributed by atoms with Crippen LogP contribution in [0.25, 0.3) is 0 Å². The van der Waals surface area contributed by atoms with Crippen LogP contribution in [-0.4, -0.2) is 36.1 Å². The van der Waals surface area contributed by atoms with Crippen molar-refractivity contribution in [3.63, 3.8) is 0 Å². The lowest BCUT2D eigenvalue weighted by molar-refractivity contribution is 0.0801. The molecule has 0 aliphatic carbocycles. The van der Waals surface area contributed by atoms with Crippen molar-refractivity contribution in [3.05, 3.63) is 47.8 Å². The molecule has 1 aliphatic heterocycles. The summed E-state index contributed by atoms with van der Waals surface area (Å²) in [6.07, 6.45) is 4.13. The molecule has 2 N–H and O–H groups in total. The second kappa shape index (κ2) is 6.78. The second-order valence-corrected chi connectivity index (χ2v) is 5.37. The monoisotopic (exact) mass is 319 g/mol. The van der Waals surface area contributed by atoms with Gasteiger partial charge < -0.3 is 19.8 Å². The minimum absolute atomic E-state index is 0.0512. The Morgan fingerprint density at radius 1 is 1.57 bits per heavy atom. The van der Waals surface area contributed by atoms with E-state index in [-0.39, 0.29) is 23.7 Å². The summed E-state index contributed by atoms with van der Waals surface area (Å²) in [6, 6.07) is 4.04. The number of carbonyl (C=O) groups is 1. The van der Waals surface area contributed by atoms with Crippen molar-refractivity contribution in [1.29, 1.82) is 0 Å². The fraction of sp³-hybridized carbons (Fsp3) is 0.375. The molecular weight excluding hydrogens is 301 g/mol. The third kappa shape index (κ3) is 3.34. The lowest BCUT2D eigenvalue weighted by atomic mass is 10.0. The lowest BCUT2D eigenvalue weighted by Gasteiger charge is -2.17. The first-order chi connectivity index (χ1) is 11.2. The normalized spacial score (nSPS) is 20.4. The number of rotatable bonds is 5. The summed E-state index contributed by atoms with van der Waals surface area (Å²) in [4.78, 5) is 19.5. The molecule has 7 heteroatoms. The van der Waals surface area contributed by atoms with Crippen LogP contribution in [0.15, 0.2) is 30.6 Å². The average Bonchev–Trinajstić information content (AvgIpc) is 3.23. The predicted molar refractivity (Wildman–Crippen MR) is 80.7 cm³/mol. The van der Waals surface area contributed by atoms with Gasteiger partial charge >= 0.3 is 0 Å². The fourth-order valence-electron chi connectivity index (χ4n) is 2.71. The first kappa shape index (κ1) is 15.5. The van der Waals surface area contributed by atoms with E-state index in [1.807, 2.05) is 0 Å². The molecule has 1 amide bonds. The van der Waals surface area contributed by atoms with Gasteiger partial charge in [-0.3, -0.25) is 4.79 Å². The van der Waals surface area contributed by atoms with E-state index < -0.39 is 5.82 Å². The second-order valence-electron chi connectivity index (χ2n) is 5.37. The quantitative estimate of drug-likeness (QED) is 0.884. The molecule has 3 rings (SSSR count). The molecule has 1 aromatic heterocycles. The van der Waals surface area contributed by atoms with E-state index in [0.717, 1.165) is 12.2 Å². The molecule has 1 saturated heterocycles. The number of methoxy groups -OCH3 is 1. The number of amides is 1. The molecule has 0 unspecified atom stereocenters. The number of benzene rings is 1. The van der Waals surface area contributed by atoms with E-state index >= 15 is 0 Å². The molecule has 2 atom stereocenters. The number of H-pyrrole nitrogens is 1. The summed E-state index contributed by atoms with van der Waals surface area (Å²) in [7, 11) is 1.37. The summed E-state index contributed by atoms with van der Waals surface area (Å²) in [5, 5.41) is 2.86. The first-order valence-electron chi connectivity index (χ1n) is 7.41. The summed E-state index contributed by atoms with van der Waals surface area (Å²) in [5.74, 6) is 0.201. The Balaban J connectivity index is 1.62. The SMILES string of the molecule is COc1cc(C(=O)NC[C@@H]2CCO[C@H]2c2ncc[nH]2)ccc1F.